The molecule has 1 saturated heterocycles. The Labute approximate surface area is 205 Å². The van der Waals surface area contributed by atoms with Crippen LogP contribution in [0.5, 0.6) is 0 Å². The first-order valence-corrected chi connectivity index (χ1v) is 14.3. The van der Waals surface area contributed by atoms with Gasteiger partial charge in [0.2, 0.25) is 11.6 Å². The van der Waals surface area contributed by atoms with Gasteiger partial charge in [-0.3, -0.25) is 0 Å². The molecule has 2 aromatic heterocycles. The monoisotopic (exact) mass is 531 g/mol. The molecular formula is C20H29N5O6S3. The number of aromatic nitrogens is 2. The standard InChI is InChI=1S/C20H29N5O6S3/c1-20(2,3)16(12-6-8-31-10-12)22-18-17(23-33(28)24-18)21-14-11-32-19(15(14)27)34(29,30)25-7-4-5-13(25)9-26/h6,8,10,13-14,16,26-27H,4-5,7,9,11H2,1-3H3,(H,21,23)(H,22,24)/t13?,14?,16-,33?/m0/s1. The molecule has 1 fully saturated rings. The van der Waals surface area contributed by atoms with Gasteiger partial charge in [-0.25, -0.2) is 8.42 Å². The highest BCUT2D eigenvalue weighted by molar-refractivity contribution is 8.18. The molecule has 0 bridgehead atoms. The summed E-state index contributed by atoms with van der Waals surface area (Å²) < 4.78 is 52.8. The van der Waals surface area contributed by atoms with Crippen molar-refractivity contribution in [1.82, 2.24) is 13.1 Å². The van der Waals surface area contributed by atoms with Crippen molar-refractivity contribution in [2.75, 3.05) is 29.5 Å². The Morgan fingerprint density at radius 2 is 2.12 bits per heavy atom. The molecule has 0 saturated carbocycles. The van der Waals surface area contributed by atoms with Crippen molar-refractivity contribution in [2.24, 2.45) is 5.41 Å². The molecule has 4 heterocycles. The third kappa shape index (κ3) is 4.93. The lowest BCUT2D eigenvalue weighted by Crippen LogP contribution is -2.38. The van der Waals surface area contributed by atoms with Crippen molar-refractivity contribution in [1.29, 1.82) is 0 Å². The number of nitrogens with one attached hydrogen (secondary N) is 2. The van der Waals surface area contributed by atoms with Gasteiger partial charge in [0.05, 0.1) is 31.2 Å². The highest BCUT2D eigenvalue weighted by Crippen LogP contribution is 2.41. The van der Waals surface area contributed by atoms with Crippen molar-refractivity contribution >= 4 is 44.6 Å². The van der Waals surface area contributed by atoms with Crippen LogP contribution in [0.1, 0.15) is 45.2 Å². The number of hydrogen-bond acceptors (Lipinski definition) is 11. The number of anilines is 2. The number of sulfonamides is 1. The fourth-order valence-corrected chi connectivity index (χ4v) is 8.30. The highest BCUT2D eigenvalue weighted by Gasteiger charge is 2.42. The molecule has 4 N–H and O–H groups in total. The van der Waals surface area contributed by atoms with Gasteiger partial charge in [0.1, 0.15) is 5.76 Å². The largest absolute Gasteiger partial charge is 0.546 e. The summed E-state index contributed by atoms with van der Waals surface area (Å²) in [5, 5.41) is 26.6. The van der Waals surface area contributed by atoms with Crippen LogP contribution < -0.4 is 10.6 Å². The molecule has 0 radical (unpaired) electrons. The second-order valence-electron chi connectivity index (χ2n) is 9.39. The summed E-state index contributed by atoms with van der Waals surface area (Å²) in [5.41, 5.74) is 0.622. The normalized spacial score (nSPS) is 23.5. The zero-order valence-electron chi connectivity index (χ0n) is 19.1. The number of thioether (sulfide) groups is 1. The average molecular weight is 532 g/mol. The summed E-state index contributed by atoms with van der Waals surface area (Å²) in [7, 11) is -3.94. The van der Waals surface area contributed by atoms with Crippen LogP contribution in [0.25, 0.3) is 0 Å². The number of hydrogen-bond donors (Lipinski definition) is 4. The lowest BCUT2D eigenvalue weighted by atomic mass is 9.83. The number of furan rings is 1. The fourth-order valence-electron chi connectivity index (χ4n) is 4.18. The Morgan fingerprint density at radius 3 is 2.76 bits per heavy atom. The minimum Gasteiger partial charge on any atom is -0.546 e. The molecule has 0 aromatic carbocycles. The van der Waals surface area contributed by atoms with Crippen LogP contribution in [0.4, 0.5) is 11.6 Å². The molecule has 4 atom stereocenters. The molecule has 188 valence electrons. The van der Waals surface area contributed by atoms with Gasteiger partial charge in [-0.05, 0) is 24.3 Å². The Morgan fingerprint density at radius 1 is 1.38 bits per heavy atom. The lowest BCUT2D eigenvalue weighted by molar-refractivity contribution is 0.214. The number of nitrogens with zero attached hydrogens (tertiary/aromatic N) is 3. The van der Waals surface area contributed by atoms with Crippen molar-refractivity contribution in [2.45, 2.75) is 51.7 Å². The first kappa shape index (κ1) is 25.3. The van der Waals surface area contributed by atoms with E-state index in [0.717, 1.165) is 17.3 Å². The van der Waals surface area contributed by atoms with Gasteiger partial charge >= 0.3 is 0 Å². The molecule has 11 nitrogen and oxygen atoms in total. The van der Waals surface area contributed by atoms with Crippen LogP contribution >= 0.6 is 22.9 Å². The predicted octanol–water partition coefficient (Wildman–Crippen LogP) is 3.04. The topological polar surface area (TPSA) is 164 Å². The van der Waals surface area contributed by atoms with E-state index >= 15 is 0 Å². The van der Waals surface area contributed by atoms with Gasteiger partial charge in [0.15, 0.2) is 15.4 Å². The molecule has 2 aromatic rings. The van der Waals surface area contributed by atoms with Crippen molar-refractivity contribution in [3.05, 3.63) is 34.2 Å². The molecule has 34 heavy (non-hydrogen) atoms. The summed E-state index contributed by atoms with van der Waals surface area (Å²) in [4.78, 5) is 0. The molecule has 4 rings (SSSR count). The molecule has 14 heteroatoms. The minimum atomic E-state index is -3.94. The van der Waals surface area contributed by atoms with Crippen LogP contribution in [-0.4, -0.2) is 67.2 Å². The molecule has 3 unspecified atom stereocenters. The summed E-state index contributed by atoms with van der Waals surface area (Å²) >= 11 is -0.830. The Bertz CT molecular complexity index is 1140. The number of aliphatic hydroxyl groups excluding tert-OH is 2. The summed E-state index contributed by atoms with van der Waals surface area (Å²) in [6.07, 6.45) is 4.43. The van der Waals surface area contributed by atoms with Crippen LogP contribution in [0.3, 0.4) is 0 Å². The Hall–Kier alpha value is -1.84. The van der Waals surface area contributed by atoms with E-state index in [4.69, 9.17) is 4.42 Å². The second-order valence-corrected chi connectivity index (χ2v) is 13.3. The van der Waals surface area contributed by atoms with E-state index in [1.54, 1.807) is 12.5 Å². The van der Waals surface area contributed by atoms with Crippen LogP contribution in [0.15, 0.2) is 33.0 Å². The van der Waals surface area contributed by atoms with Crippen molar-refractivity contribution in [3.63, 3.8) is 0 Å². The number of rotatable bonds is 8. The van der Waals surface area contributed by atoms with Gasteiger partial charge in [-0.1, -0.05) is 20.8 Å². The minimum absolute atomic E-state index is 0.137. The van der Waals surface area contributed by atoms with E-state index in [-0.39, 0.29) is 45.4 Å². The Balaban J connectivity index is 1.57. The summed E-state index contributed by atoms with van der Waals surface area (Å²) in [6, 6.07) is 0.347. The molecule has 2 aliphatic rings. The molecular weight excluding hydrogens is 502 g/mol. The summed E-state index contributed by atoms with van der Waals surface area (Å²) in [6.45, 7) is 6.14. The van der Waals surface area contributed by atoms with Gasteiger partial charge in [0.25, 0.3) is 10.0 Å². The second kappa shape index (κ2) is 9.66. The van der Waals surface area contributed by atoms with E-state index in [0.29, 0.717) is 19.4 Å². The molecule has 0 amide bonds. The molecule has 0 spiro atoms. The lowest BCUT2D eigenvalue weighted by Gasteiger charge is -2.30. The zero-order chi connectivity index (χ0) is 24.7. The van der Waals surface area contributed by atoms with Gasteiger partial charge in [0, 0.05) is 32.6 Å². The van der Waals surface area contributed by atoms with Crippen LogP contribution in [-0.2, 0) is 10.0 Å². The van der Waals surface area contributed by atoms with E-state index < -0.39 is 33.2 Å². The van der Waals surface area contributed by atoms with Crippen molar-refractivity contribution < 1.29 is 27.6 Å². The number of aliphatic hydroxyl groups is 2. The van der Waals surface area contributed by atoms with E-state index in [1.807, 2.05) is 26.8 Å². The first-order valence-electron chi connectivity index (χ1n) is 10.9. The predicted molar refractivity (Wildman–Crippen MR) is 130 cm³/mol. The smallest absolute Gasteiger partial charge is 0.252 e. The summed E-state index contributed by atoms with van der Waals surface area (Å²) in [5.74, 6) is 0.353. The van der Waals surface area contributed by atoms with Gasteiger partial charge < -0.3 is 29.8 Å². The Kier molecular flexibility index (Phi) is 7.18. The van der Waals surface area contributed by atoms with Crippen molar-refractivity contribution in [3.8, 4) is 0 Å². The maximum absolute atomic E-state index is 13.1. The van der Waals surface area contributed by atoms with E-state index in [1.165, 1.54) is 4.31 Å². The first-order chi connectivity index (χ1) is 16.0. The van der Waals surface area contributed by atoms with E-state index in [9.17, 15) is 23.2 Å². The average Bonchev–Trinajstić information content (AvgIpc) is 3.54. The van der Waals surface area contributed by atoms with E-state index in [2.05, 4.69) is 19.4 Å². The van der Waals surface area contributed by atoms with Crippen LogP contribution in [0, 0.1) is 5.41 Å². The SMILES string of the molecule is CC(C)(C)[C@@H](Nc1n[s+]([O-])nc1NC1CSC(S(=O)(=O)N2CCCC2CO)=C1O)c1ccoc1. The van der Waals surface area contributed by atoms with Gasteiger partial charge in [-0.15, -0.1) is 11.8 Å². The van der Waals surface area contributed by atoms with Crippen LogP contribution in [0.2, 0.25) is 0 Å². The quantitative estimate of drug-likeness (QED) is 0.370. The maximum atomic E-state index is 13.1. The maximum Gasteiger partial charge on any atom is 0.252 e. The molecule has 2 aliphatic heterocycles. The van der Waals surface area contributed by atoms with Gasteiger partial charge in [-0.2, -0.15) is 4.31 Å². The third-order valence-electron chi connectivity index (χ3n) is 5.89. The zero-order valence-corrected chi connectivity index (χ0v) is 21.5. The third-order valence-corrected chi connectivity index (χ3v) is 10.3. The fraction of sp³-hybridized carbons (Fsp3) is 0.600. The highest BCUT2D eigenvalue weighted by atomic mass is 32.3. The molecule has 0 aliphatic carbocycles.